The lowest BCUT2D eigenvalue weighted by Crippen LogP contribution is -2.23. The highest BCUT2D eigenvalue weighted by molar-refractivity contribution is 14.0. The van der Waals surface area contributed by atoms with Gasteiger partial charge in [0.15, 0.2) is 5.96 Å². The van der Waals surface area contributed by atoms with E-state index in [0.717, 1.165) is 24.3 Å². The van der Waals surface area contributed by atoms with Crippen LogP contribution in [0, 0.1) is 5.92 Å². The van der Waals surface area contributed by atoms with E-state index in [1.807, 2.05) is 30.3 Å². The van der Waals surface area contributed by atoms with Gasteiger partial charge in [-0.1, -0.05) is 30.3 Å². The molecule has 2 atom stereocenters. The van der Waals surface area contributed by atoms with Gasteiger partial charge < -0.3 is 15.8 Å². The van der Waals surface area contributed by atoms with E-state index in [4.69, 9.17) is 10.5 Å². The first-order chi connectivity index (χ1) is 10.7. The van der Waals surface area contributed by atoms with Crippen molar-refractivity contribution in [2.45, 2.75) is 18.9 Å². The summed E-state index contributed by atoms with van der Waals surface area (Å²) in [6.45, 7) is 0. The van der Waals surface area contributed by atoms with Crippen molar-refractivity contribution in [3.05, 3.63) is 60.2 Å². The third-order valence-corrected chi connectivity index (χ3v) is 3.89. The fraction of sp³-hybridized carbons (Fsp3) is 0.278. The molecule has 1 fully saturated rings. The number of benzene rings is 2. The van der Waals surface area contributed by atoms with Crippen LogP contribution in [0.15, 0.2) is 59.6 Å². The molecule has 0 aliphatic heterocycles. The first-order valence-electron chi connectivity index (χ1n) is 7.53. The van der Waals surface area contributed by atoms with E-state index in [-0.39, 0.29) is 24.0 Å². The maximum absolute atomic E-state index is 5.98. The van der Waals surface area contributed by atoms with Crippen molar-refractivity contribution in [3.8, 4) is 5.75 Å². The van der Waals surface area contributed by atoms with Crippen molar-refractivity contribution in [1.29, 1.82) is 0 Å². The predicted octanol–water partition coefficient (Wildman–Crippen LogP) is 3.67. The van der Waals surface area contributed by atoms with Crippen LogP contribution < -0.4 is 15.8 Å². The Balaban J connectivity index is 0.00000192. The van der Waals surface area contributed by atoms with Gasteiger partial charge >= 0.3 is 0 Å². The maximum atomic E-state index is 5.98. The van der Waals surface area contributed by atoms with Crippen molar-refractivity contribution in [3.63, 3.8) is 0 Å². The van der Waals surface area contributed by atoms with Crippen molar-refractivity contribution in [2.24, 2.45) is 16.6 Å². The summed E-state index contributed by atoms with van der Waals surface area (Å²) >= 11 is 0. The molecule has 0 amide bonds. The smallest absolute Gasteiger partial charge is 0.193 e. The number of rotatable bonds is 5. The number of guanidine groups is 1. The molecule has 0 spiro atoms. The molecule has 1 aliphatic rings. The van der Waals surface area contributed by atoms with E-state index in [9.17, 15) is 0 Å². The number of nitrogens with zero attached hydrogens (tertiary/aromatic N) is 1. The first-order valence-corrected chi connectivity index (χ1v) is 7.53. The van der Waals surface area contributed by atoms with Crippen LogP contribution in [0.3, 0.4) is 0 Å². The minimum atomic E-state index is 0. The third kappa shape index (κ3) is 5.13. The van der Waals surface area contributed by atoms with E-state index in [0.29, 0.717) is 17.9 Å². The summed E-state index contributed by atoms with van der Waals surface area (Å²) in [7, 11) is 1.65. The number of nitrogens with two attached hydrogens (primary N) is 1. The molecule has 0 radical (unpaired) electrons. The van der Waals surface area contributed by atoms with Gasteiger partial charge in [0, 0.05) is 5.69 Å². The van der Waals surface area contributed by atoms with Crippen LogP contribution in [0.2, 0.25) is 0 Å². The van der Waals surface area contributed by atoms with Crippen LogP contribution in [0.1, 0.15) is 12.0 Å². The molecule has 3 rings (SSSR count). The quantitative estimate of drug-likeness (QED) is 0.439. The zero-order chi connectivity index (χ0) is 15.4. The Morgan fingerprint density at radius 3 is 2.52 bits per heavy atom. The summed E-state index contributed by atoms with van der Waals surface area (Å²) in [5.74, 6) is 1.91. The van der Waals surface area contributed by atoms with Gasteiger partial charge in [0.1, 0.15) is 5.75 Å². The third-order valence-electron chi connectivity index (χ3n) is 3.89. The molecule has 1 aliphatic carbocycles. The molecule has 0 bridgehead atoms. The fourth-order valence-corrected chi connectivity index (χ4v) is 2.56. The Labute approximate surface area is 154 Å². The summed E-state index contributed by atoms with van der Waals surface area (Å²) in [6.07, 6.45) is 2.19. The molecule has 2 aromatic rings. The molecule has 0 heterocycles. The van der Waals surface area contributed by atoms with Crippen LogP contribution in [0.5, 0.6) is 5.75 Å². The van der Waals surface area contributed by atoms with E-state index in [1.54, 1.807) is 7.11 Å². The Kier molecular flexibility index (Phi) is 6.27. The molecule has 1 saturated carbocycles. The summed E-state index contributed by atoms with van der Waals surface area (Å²) in [5.41, 5.74) is 8.27. The van der Waals surface area contributed by atoms with Crippen LogP contribution in [-0.4, -0.2) is 19.1 Å². The Hall–Kier alpha value is -1.76. The zero-order valence-corrected chi connectivity index (χ0v) is 15.4. The van der Waals surface area contributed by atoms with E-state index in [1.165, 1.54) is 5.56 Å². The van der Waals surface area contributed by atoms with Crippen molar-refractivity contribution in [1.82, 2.24) is 0 Å². The van der Waals surface area contributed by atoms with Gasteiger partial charge in [-0.05, 0) is 48.6 Å². The highest BCUT2D eigenvalue weighted by atomic mass is 127. The molecule has 2 aromatic carbocycles. The summed E-state index contributed by atoms with van der Waals surface area (Å²) in [5, 5.41) is 3.12. The molecular formula is C18H22IN3O. The second-order valence-electron chi connectivity index (χ2n) is 5.62. The van der Waals surface area contributed by atoms with Crippen LogP contribution >= 0.6 is 24.0 Å². The standard InChI is InChI=1S/C18H21N3O.HI/c1-22-16-9-7-15(8-10-16)20-18(19)21-17-12-14(17)11-13-5-3-2-4-6-13;/h2-10,14,17H,11-12H2,1H3,(H3,19,20,21);1H. The largest absolute Gasteiger partial charge is 0.497 e. The Bertz CT molecular complexity index is 643. The second kappa shape index (κ2) is 8.19. The minimum absolute atomic E-state index is 0. The van der Waals surface area contributed by atoms with E-state index < -0.39 is 0 Å². The van der Waals surface area contributed by atoms with Gasteiger partial charge in [-0.15, -0.1) is 24.0 Å². The van der Waals surface area contributed by atoms with Crippen LogP contribution in [-0.2, 0) is 6.42 Å². The Morgan fingerprint density at radius 2 is 1.87 bits per heavy atom. The second-order valence-corrected chi connectivity index (χ2v) is 5.62. The van der Waals surface area contributed by atoms with Gasteiger partial charge in [-0.3, -0.25) is 0 Å². The molecule has 3 N–H and O–H groups in total. The number of anilines is 1. The topological polar surface area (TPSA) is 59.6 Å². The monoisotopic (exact) mass is 423 g/mol. The molecule has 122 valence electrons. The number of ether oxygens (including phenoxy) is 1. The van der Waals surface area contributed by atoms with Gasteiger partial charge in [0.25, 0.3) is 0 Å². The molecule has 4 nitrogen and oxygen atoms in total. The van der Waals surface area contributed by atoms with E-state index >= 15 is 0 Å². The molecule has 0 aromatic heterocycles. The summed E-state index contributed by atoms with van der Waals surface area (Å²) < 4.78 is 5.13. The van der Waals surface area contributed by atoms with Crippen LogP contribution in [0.25, 0.3) is 0 Å². The van der Waals surface area contributed by atoms with Crippen molar-refractivity contribution < 1.29 is 4.74 Å². The van der Waals surface area contributed by atoms with E-state index in [2.05, 4.69) is 34.6 Å². The van der Waals surface area contributed by atoms with Gasteiger partial charge in [-0.2, -0.15) is 0 Å². The van der Waals surface area contributed by atoms with Crippen molar-refractivity contribution >= 4 is 35.6 Å². The maximum Gasteiger partial charge on any atom is 0.193 e. The fourth-order valence-electron chi connectivity index (χ4n) is 2.56. The normalized spacial score (nSPS) is 19.6. The number of methoxy groups -OCH3 is 1. The number of nitrogens with one attached hydrogen (secondary N) is 1. The lowest BCUT2D eigenvalue weighted by Gasteiger charge is -2.06. The SMILES string of the molecule is COc1ccc(NC(N)=NC2CC2Cc2ccccc2)cc1.I. The highest BCUT2D eigenvalue weighted by Gasteiger charge is 2.36. The first kappa shape index (κ1) is 17.6. The number of hydrogen-bond acceptors (Lipinski definition) is 2. The summed E-state index contributed by atoms with van der Waals surface area (Å²) in [4.78, 5) is 4.56. The number of halogens is 1. The van der Waals surface area contributed by atoms with Crippen molar-refractivity contribution in [2.75, 3.05) is 12.4 Å². The molecule has 23 heavy (non-hydrogen) atoms. The van der Waals surface area contributed by atoms with Gasteiger partial charge in [-0.25, -0.2) is 4.99 Å². The molecule has 0 saturated heterocycles. The predicted molar refractivity (Wildman–Crippen MR) is 106 cm³/mol. The number of aliphatic imine (C=N–C) groups is 1. The van der Waals surface area contributed by atoms with Crippen LogP contribution in [0.4, 0.5) is 5.69 Å². The lowest BCUT2D eigenvalue weighted by molar-refractivity contribution is 0.415. The summed E-state index contributed by atoms with van der Waals surface area (Å²) in [6, 6.07) is 18.5. The minimum Gasteiger partial charge on any atom is -0.497 e. The molecule has 2 unspecified atom stereocenters. The molecular weight excluding hydrogens is 401 g/mol. The lowest BCUT2D eigenvalue weighted by atomic mass is 10.1. The van der Waals surface area contributed by atoms with Gasteiger partial charge in [0.2, 0.25) is 0 Å². The Morgan fingerprint density at radius 1 is 1.17 bits per heavy atom. The average molecular weight is 423 g/mol. The zero-order valence-electron chi connectivity index (χ0n) is 13.1. The van der Waals surface area contributed by atoms with Gasteiger partial charge in [0.05, 0.1) is 13.2 Å². The number of hydrogen-bond donors (Lipinski definition) is 2. The average Bonchev–Trinajstić information content (AvgIpc) is 3.26. The molecule has 5 heteroatoms. The highest BCUT2D eigenvalue weighted by Crippen LogP contribution is 2.36.